The molecule has 126 valence electrons. The van der Waals surface area contributed by atoms with Crippen LogP contribution in [-0.2, 0) is 11.2 Å². The largest absolute Gasteiger partial charge is 0.486 e. The molecule has 0 aromatic heterocycles. The van der Waals surface area contributed by atoms with Gasteiger partial charge in [0.1, 0.15) is 22.8 Å². The zero-order valence-electron chi connectivity index (χ0n) is 13.6. The second kappa shape index (κ2) is 5.65. The van der Waals surface area contributed by atoms with E-state index < -0.39 is 11.2 Å². The maximum Gasteiger partial charge on any atom is 0.410 e. The normalized spacial score (nSPS) is 19.4. The van der Waals surface area contributed by atoms with Crippen LogP contribution >= 0.6 is 15.9 Å². The summed E-state index contributed by atoms with van der Waals surface area (Å²) >= 11 is 3.30. The quantitative estimate of drug-likeness (QED) is 0.668. The predicted octanol–water partition coefficient (Wildman–Crippen LogP) is 4.29. The van der Waals surface area contributed by atoms with Gasteiger partial charge in [0.25, 0.3) is 0 Å². The smallest absolute Gasteiger partial charge is 0.410 e. The summed E-state index contributed by atoms with van der Waals surface area (Å²) in [7, 11) is 0. The molecule has 0 atom stereocenters. The van der Waals surface area contributed by atoms with Gasteiger partial charge in [0.2, 0.25) is 0 Å². The molecule has 1 spiro atoms. The van der Waals surface area contributed by atoms with Crippen LogP contribution in [0, 0.1) is 5.82 Å². The van der Waals surface area contributed by atoms with Gasteiger partial charge in [0, 0.05) is 42.4 Å². The number of piperidine rings is 1. The Balaban J connectivity index is 1.66. The molecule has 6 heteroatoms. The number of hydrogen-bond donors (Lipinski definition) is 0. The summed E-state index contributed by atoms with van der Waals surface area (Å²) in [4.78, 5) is 13.8. The number of halogens is 2. The van der Waals surface area contributed by atoms with E-state index in [0.717, 1.165) is 0 Å². The lowest BCUT2D eigenvalue weighted by molar-refractivity contribution is -0.00892. The minimum Gasteiger partial charge on any atom is -0.486 e. The highest BCUT2D eigenvalue weighted by molar-refractivity contribution is 9.10. The molecule has 0 bridgehead atoms. The van der Waals surface area contributed by atoms with Crippen LogP contribution in [0.25, 0.3) is 0 Å². The van der Waals surface area contributed by atoms with E-state index in [9.17, 15) is 9.18 Å². The second-order valence-electron chi connectivity index (χ2n) is 7.29. The first-order chi connectivity index (χ1) is 10.7. The van der Waals surface area contributed by atoms with E-state index >= 15 is 0 Å². The molecule has 23 heavy (non-hydrogen) atoms. The Morgan fingerprint density at radius 2 is 2.00 bits per heavy atom. The summed E-state index contributed by atoms with van der Waals surface area (Å²) in [6.07, 6.45) is 1.62. The third-order valence-electron chi connectivity index (χ3n) is 4.27. The van der Waals surface area contributed by atoms with E-state index in [1.807, 2.05) is 26.8 Å². The Morgan fingerprint density at radius 3 is 2.61 bits per heavy atom. The SMILES string of the molecule is CC(C)(C)OC(=O)N1CCC2(CC1)Cc1c(F)cc(Br)cc1O2. The van der Waals surface area contributed by atoms with Gasteiger partial charge in [-0.3, -0.25) is 0 Å². The molecule has 0 N–H and O–H groups in total. The molecule has 3 rings (SSSR count). The number of benzene rings is 1. The molecule has 1 amide bonds. The van der Waals surface area contributed by atoms with Gasteiger partial charge in [-0.1, -0.05) is 15.9 Å². The van der Waals surface area contributed by atoms with Crippen molar-refractivity contribution in [2.75, 3.05) is 13.1 Å². The van der Waals surface area contributed by atoms with Gasteiger partial charge in [-0.05, 0) is 32.9 Å². The molecular formula is C17H21BrFNO3. The number of carbonyl (C=O) groups is 1. The van der Waals surface area contributed by atoms with E-state index in [0.29, 0.717) is 48.1 Å². The fraction of sp³-hybridized carbons (Fsp3) is 0.588. The summed E-state index contributed by atoms with van der Waals surface area (Å²) in [6.45, 7) is 6.69. The molecule has 0 radical (unpaired) electrons. The Hall–Kier alpha value is -1.30. The highest BCUT2D eigenvalue weighted by Gasteiger charge is 2.44. The van der Waals surface area contributed by atoms with Gasteiger partial charge in [0.15, 0.2) is 0 Å². The van der Waals surface area contributed by atoms with Gasteiger partial charge in [-0.2, -0.15) is 0 Å². The van der Waals surface area contributed by atoms with Gasteiger partial charge in [-0.25, -0.2) is 9.18 Å². The number of likely N-dealkylation sites (tertiary alicyclic amines) is 1. The molecule has 0 unspecified atom stereocenters. The fourth-order valence-electron chi connectivity index (χ4n) is 3.14. The monoisotopic (exact) mass is 385 g/mol. The van der Waals surface area contributed by atoms with Crippen LogP contribution in [0.15, 0.2) is 16.6 Å². The molecule has 0 saturated carbocycles. The van der Waals surface area contributed by atoms with Gasteiger partial charge in [0.05, 0.1) is 0 Å². The Morgan fingerprint density at radius 1 is 1.35 bits per heavy atom. The number of rotatable bonds is 0. The Labute approximate surface area is 144 Å². The minimum absolute atomic E-state index is 0.235. The van der Waals surface area contributed by atoms with Crippen molar-refractivity contribution in [3.8, 4) is 5.75 Å². The molecule has 2 aliphatic rings. The predicted molar refractivity (Wildman–Crippen MR) is 88.2 cm³/mol. The van der Waals surface area contributed by atoms with Crippen LogP contribution in [0.2, 0.25) is 0 Å². The van der Waals surface area contributed by atoms with Crippen molar-refractivity contribution in [3.63, 3.8) is 0 Å². The maximum absolute atomic E-state index is 14.1. The van der Waals surface area contributed by atoms with Crippen molar-refractivity contribution in [2.24, 2.45) is 0 Å². The first-order valence-corrected chi connectivity index (χ1v) is 8.62. The molecule has 1 fully saturated rings. The van der Waals surface area contributed by atoms with E-state index in [1.165, 1.54) is 6.07 Å². The highest BCUT2D eigenvalue weighted by Crippen LogP contribution is 2.43. The topological polar surface area (TPSA) is 38.8 Å². The van der Waals surface area contributed by atoms with Crippen LogP contribution in [0.5, 0.6) is 5.75 Å². The fourth-order valence-corrected chi connectivity index (χ4v) is 3.55. The number of nitrogens with zero attached hydrogens (tertiary/aromatic N) is 1. The summed E-state index contributed by atoms with van der Waals surface area (Å²) in [5.74, 6) is 0.378. The molecule has 1 saturated heterocycles. The summed E-state index contributed by atoms with van der Waals surface area (Å²) in [5, 5.41) is 0. The van der Waals surface area contributed by atoms with Crippen molar-refractivity contribution in [1.82, 2.24) is 4.90 Å². The second-order valence-corrected chi connectivity index (χ2v) is 8.21. The number of hydrogen-bond acceptors (Lipinski definition) is 3. The lowest BCUT2D eigenvalue weighted by Crippen LogP contribution is -2.50. The summed E-state index contributed by atoms with van der Waals surface area (Å²) in [6, 6.07) is 3.28. The highest BCUT2D eigenvalue weighted by atomic mass is 79.9. The standard InChI is InChI=1S/C17H21BrFNO3/c1-16(2,3)23-15(21)20-6-4-17(5-7-20)10-12-13(19)8-11(18)9-14(12)22-17/h8-9H,4-7,10H2,1-3H3. The van der Waals surface area contributed by atoms with Crippen molar-refractivity contribution in [2.45, 2.75) is 51.2 Å². The number of ether oxygens (including phenoxy) is 2. The minimum atomic E-state index is -0.498. The van der Waals surface area contributed by atoms with Crippen molar-refractivity contribution < 1.29 is 18.7 Å². The third-order valence-corrected chi connectivity index (χ3v) is 4.73. The lowest BCUT2D eigenvalue weighted by atomic mass is 9.87. The van der Waals surface area contributed by atoms with Gasteiger partial charge >= 0.3 is 6.09 Å². The molecule has 2 heterocycles. The number of carbonyl (C=O) groups excluding carboxylic acids is 1. The van der Waals surface area contributed by atoms with Gasteiger partial charge < -0.3 is 14.4 Å². The first-order valence-electron chi connectivity index (χ1n) is 7.82. The van der Waals surface area contributed by atoms with Crippen molar-refractivity contribution >= 4 is 22.0 Å². The zero-order valence-corrected chi connectivity index (χ0v) is 15.2. The van der Waals surface area contributed by atoms with Crippen molar-refractivity contribution in [1.29, 1.82) is 0 Å². The van der Waals surface area contributed by atoms with E-state index in [4.69, 9.17) is 9.47 Å². The average molecular weight is 386 g/mol. The zero-order chi connectivity index (χ0) is 16.8. The van der Waals surface area contributed by atoms with Crippen molar-refractivity contribution in [3.05, 3.63) is 28.0 Å². The number of fused-ring (bicyclic) bond motifs is 1. The molecule has 1 aromatic rings. The Kier molecular flexibility index (Phi) is 4.07. The van der Waals surface area contributed by atoms with Gasteiger partial charge in [-0.15, -0.1) is 0 Å². The molecular weight excluding hydrogens is 365 g/mol. The summed E-state index contributed by atoms with van der Waals surface area (Å²) in [5.41, 5.74) is -0.261. The average Bonchev–Trinajstić information content (AvgIpc) is 2.76. The Bertz CT molecular complexity index is 633. The molecule has 0 aliphatic carbocycles. The van der Waals surface area contributed by atoms with Crippen LogP contribution in [-0.4, -0.2) is 35.3 Å². The van der Waals surface area contributed by atoms with Crippen LogP contribution in [0.1, 0.15) is 39.2 Å². The molecule has 2 aliphatic heterocycles. The third kappa shape index (κ3) is 3.47. The molecule has 4 nitrogen and oxygen atoms in total. The molecule has 1 aromatic carbocycles. The lowest BCUT2D eigenvalue weighted by Gasteiger charge is -2.39. The van der Waals surface area contributed by atoms with E-state index in [2.05, 4.69) is 15.9 Å². The van der Waals surface area contributed by atoms with Crippen LogP contribution in [0.4, 0.5) is 9.18 Å². The maximum atomic E-state index is 14.1. The van der Waals surface area contributed by atoms with Crippen LogP contribution in [0.3, 0.4) is 0 Å². The first kappa shape index (κ1) is 16.6. The summed E-state index contributed by atoms with van der Waals surface area (Å²) < 4.78 is 26.2. The van der Waals surface area contributed by atoms with Crippen LogP contribution < -0.4 is 4.74 Å². The number of amides is 1. The van der Waals surface area contributed by atoms with E-state index in [-0.39, 0.29) is 11.9 Å². The van der Waals surface area contributed by atoms with E-state index in [1.54, 1.807) is 4.90 Å².